The molecule has 1 heterocycles. The maximum Gasteiger partial charge on any atom is 0.306 e. The van der Waals surface area contributed by atoms with Crippen molar-refractivity contribution in [3.8, 4) is 11.5 Å². The summed E-state index contributed by atoms with van der Waals surface area (Å²) >= 11 is 5.58. The lowest BCUT2D eigenvalue weighted by Crippen LogP contribution is -2.19. The van der Waals surface area contributed by atoms with E-state index in [9.17, 15) is 4.79 Å². The summed E-state index contributed by atoms with van der Waals surface area (Å²) in [6.45, 7) is 2.68. The van der Waals surface area contributed by atoms with Gasteiger partial charge in [-0.1, -0.05) is 13.0 Å². The van der Waals surface area contributed by atoms with Crippen molar-refractivity contribution < 1.29 is 19.4 Å². The van der Waals surface area contributed by atoms with Gasteiger partial charge >= 0.3 is 5.97 Å². The zero-order chi connectivity index (χ0) is 13.8. The number of fused-ring (bicyclic) bond motifs is 1. The molecule has 0 spiro atoms. The third kappa shape index (κ3) is 3.13. The molecule has 0 aromatic heterocycles. The monoisotopic (exact) mass is 284 g/mol. The molecule has 4 nitrogen and oxygen atoms in total. The van der Waals surface area contributed by atoms with Gasteiger partial charge < -0.3 is 14.6 Å². The fourth-order valence-electron chi connectivity index (χ4n) is 2.14. The maximum absolute atomic E-state index is 11.0. The van der Waals surface area contributed by atoms with Gasteiger partial charge in [-0.25, -0.2) is 0 Å². The van der Waals surface area contributed by atoms with Crippen LogP contribution in [-0.4, -0.2) is 30.2 Å². The molecule has 5 heteroatoms. The Labute approximate surface area is 117 Å². The number of hydrogen-bond acceptors (Lipinski definition) is 3. The summed E-state index contributed by atoms with van der Waals surface area (Å²) in [5.74, 6) is 0.672. The molecule has 1 N–H and O–H groups in total. The number of alkyl halides is 1. The van der Waals surface area contributed by atoms with E-state index < -0.39 is 11.9 Å². The standard InChI is InChI=1S/C14H17ClO4/c1-9(14(16)17)12-8-19-13-7-10(3-4-11(12)13)18-6-2-5-15/h3-4,7,9,12H,2,5-6,8H2,1H3,(H,16,17). The van der Waals surface area contributed by atoms with E-state index in [-0.39, 0.29) is 5.92 Å². The number of rotatable bonds is 6. The van der Waals surface area contributed by atoms with Crippen LogP contribution < -0.4 is 9.47 Å². The first kappa shape index (κ1) is 14.0. The Morgan fingerprint density at radius 3 is 3.11 bits per heavy atom. The molecule has 1 aromatic carbocycles. The first-order valence-corrected chi connectivity index (χ1v) is 6.85. The minimum Gasteiger partial charge on any atom is -0.493 e. The van der Waals surface area contributed by atoms with E-state index in [0.29, 0.717) is 19.1 Å². The number of carbonyl (C=O) groups is 1. The van der Waals surface area contributed by atoms with Crippen LogP contribution in [0.1, 0.15) is 24.8 Å². The second-order valence-corrected chi connectivity index (χ2v) is 5.01. The molecule has 104 valence electrons. The summed E-state index contributed by atoms with van der Waals surface area (Å²) in [4.78, 5) is 11.0. The number of benzene rings is 1. The topological polar surface area (TPSA) is 55.8 Å². The van der Waals surface area contributed by atoms with E-state index in [4.69, 9.17) is 26.2 Å². The zero-order valence-corrected chi connectivity index (χ0v) is 11.5. The van der Waals surface area contributed by atoms with E-state index >= 15 is 0 Å². The number of aliphatic carboxylic acids is 1. The van der Waals surface area contributed by atoms with Crippen LogP contribution in [0.4, 0.5) is 0 Å². The van der Waals surface area contributed by atoms with Crippen LogP contribution in [-0.2, 0) is 4.79 Å². The van der Waals surface area contributed by atoms with Crippen LogP contribution in [0.5, 0.6) is 11.5 Å². The molecule has 2 unspecified atom stereocenters. The number of ether oxygens (including phenoxy) is 2. The molecule has 2 atom stereocenters. The van der Waals surface area contributed by atoms with Crippen molar-refractivity contribution in [2.75, 3.05) is 19.1 Å². The van der Waals surface area contributed by atoms with Crippen LogP contribution in [0, 0.1) is 5.92 Å². The Hall–Kier alpha value is -1.42. The number of halogens is 1. The molecular weight excluding hydrogens is 268 g/mol. The number of carboxylic acids is 1. The molecule has 0 radical (unpaired) electrons. The lowest BCUT2D eigenvalue weighted by molar-refractivity contribution is -0.142. The summed E-state index contributed by atoms with van der Waals surface area (Å²) in [5.41, 5.74) is 0.944. The van der Waals surface area contributed by atoms with Gasteiger partial charge in [0.15, 0.2) is 0 Å². The third-order valence-corrected chi connectivity index (χ3v) is 3.61. The van der Waals surface area contributed by atoms with Crippen molar-refractivity contribution in [2.45, 2.75) is 19.3 Å². The van der Waals surface area contributed by atoms with Crippen molar-refractivity contribution in [1.29, 1.82) is 0 Å². The van der Waals surface area contributed by atoms with Crippen LogP contribution >= 0.6 is 11.6 Å². The molecule has 0 saturated heterocycles. The molecule has 0 fully saturated rings. The normalized spacial score (nSPS) is 18.5. The van der Waals surface area contributed by atoms with Gasteiger partial charge in [0.05, 0.1) is 19.1 Å². The molecule has 1 aliphatic heterocycles. The van der Waals surface area contributed by atoms with Crippen molar-refractivity contribution >= 4 is 17.6 Å². The fourth-order valence-corrected chi connectivity index (χ4v) is 2.24. The summed E-state index contributed by atoms with van der Waals surface area (Å²) in [5, 5.41) is 9.07. The van der Waals surface area contributed by atoms with E-state index in [1.165, 1.54) is 0 Å². The van der Waals surface area contributed by atoms with Gasteiger partial charge in [0.1, 0.15) is 11.5 Å². The van der Waals surface area contributed by atoms with Crippen molar-refractivity contribution in [3.05, 3.63) is 23.8 Å². The quantitative estimate of drug-likeness (QED) is 0.645. The van der Waals surface area contributed by atoms with Crippen molar-refractivity contribution in [2.24, 2.45) is 5.92 Å². The van der Waals surface area contributed by atoms with E-state index in [0.717, 1.165) is 23.5 Å². The molecule has 1 aromatic rings. The SMILES string of the molecule is CC(C(=O)O)C1COc2cc(OCCCCl)ccc21. The van der Waals surface area contributed by atoms with Crippen LogP contribution in [0.25, 0.3) is 0 Å². The summed E-state index contributed by atoms with van der Waals surface area (Å²) in [6, 6.07) is 5.56. The number of hydrogen-bond donors (Lipinski definition) is 1. The Balaban J connectivity index is 2.09. The highest BCUT2D eigenvalue weighted by Crippen LogP contribution is 2.40. The number of carboxylic acid groups (broad SMARTS) is 1. The van der Waals surface area contributed by atoms with Crippen LogP contribution in [0.15, 0.2) is 18.2 Å². The largest absolute Gasteiger partial charge is 0.493 e. The van der Waals surface area contributed by atoms with E-state index in [1.54, 1.807) is 6.92 Å². The maximum atomic E-state index is 11.0. The van der Waals surface area contributed by atoms with Crippen molar-refractivity contribution in [1.82, 2.24) is 0 Å². The lowest BCUT2D eigenvalue weighted by Gasteiger charge is -2.13. The first-order valence-electron chi connectivity index (χ1n) is 6.31. The van der Waals surface area contributed by atoms with Gasteiger partial charge in [-0.15, -0.1) is 11.6 Å². The molecule has 0 amide bonds. The minimum atomic E-state index is -0.802. The summed E-state index contributed by atoms with van der Waals surface area (Å²) < 4.78 is 11.1. The molecule has 2 rings (SSSR count). The van der Waals surface area contributed by atoms with Gasteiger partial charge in [-0.3, -0.25) is 4.79 Å². The highest BCUT2D eigenvalue weighted by molar-refractivity contribution is 6.17. The minimum absolute atomic E-state index is 0.0932. The Kier molecular flexibility index (Phi) is 4.53. The summed E-state index contributed by atoms with van der Waals surface area (Å²) in [6.07, 6.45) is 0.790. The second-order valence-electron chi connectivity index (χ2n) is 4.64. The molecule has 0 bridgehead atoms. The average Bonchev–Trinajstić information content (AvgIpc) is 2.81. The van der Waals surface area contributed by atoms with Gasteiger partial charge in [0, 0.05) is 23.4 Å². The van der Waals surface area contributed by atoms with E-state index in [1.807, 2.05) is 18.2 Å². The smallest absolute Gasteiger partial charge is 0.306 e. The lowest BCUT2D eigenvalue weighted by atomic mass is 9.89. The van der Waals surface area contributed by atoms with Gasteiger partial charge in [-0.05, 0) is 12.5 Å². The predicted octanol–water partition coefficient (Wildman–Crippen LogP) is 2.89. The molecule has 1 aliphatic rings. The van der Waals surface area contributed by atoms with Crippen LogP contribution in [0.2, 0.25) is 0 Å². The highest BCUT2D eigenvalue weighted by Gasteiger charge is 2.32. The molecule has 0 aliphatic carbocycles. The van der Waals surface area contributed by atoms with Crippen LogP contribution in [0.3, 0.4) is 0 Å². The highest BCUT2D eigenvalue weighted by atomic mass is 35.5. The average molecular weight is 285 g/mol. The molecule has 19 heavy (non-hydrogen) atoms. The second kappa shape index (κ2) is 6.15. The van der Waals surface area contributed by atoms with Gasteiger partial charge in [0.2, 0.25) is 0 Å². The molecular formula is C14H17ClO4. The van der Waals surface area contributed by atoms with Gasteiger partial charge in [0.25, 0.3) is 0 Å². The van der Waals surface area contributed by atoms with Crippen molar-refractivity contribution in [3.63, 3.8) is 0 Å². The molecule has 0 saturated carbocycles. The Morgan fingerprint density at radius 1 is 1.63 bits per heavy atom. The fraction of sp³-hybridized carbons (Fsp3) is 0.500. The third-order valence-electron chi connectivity index (χ3n) is 3.34. The van der Waals surface area contributed by atoms with E-state index in [2.05, 4.69) is 0 Å². The zero-order valence-electron chi connectivity index (χ0n) is 10.8. The first-order chi connectivity index (χ1) is 9.13. The van der Waals surface area contributed by atoms with Gasteiger partial charge in [-0.2, -0.15) is 0 Å². The summed E-state index contributed by atoms with van der Waals surface area (Å²) in [7, 11) is 0. The Bertz CT molecular complexity index is 461. The predicted molar refractivity (Wildman–Crippen MR) is 72.3 cm³/mol. The Morgan fingerprint density at radius 2 is 2.42 bits per heavy atom.